The molecule has 0 fully saturated rings. The number of carbonyl (C=O) groups excluding carboxylic acids is 1. The average molecular weight is 301 g/mol. The van der Waals surface area contributed by atoms with Crippen LogP contribution in [0.5, 0.6) is 0 Å². The molecule has 4 nitrogen and oxygen atoms in total. The predicted octanol–water partition coefficient (Wildman–Crippen LogP) is 3.61. The summed E-state index contributed by atoms with van der Waals surface area (Å²) in [5.74, 6) is -0.201. The van der Waals surface area contributed by atoms with Gasteiger partial charge in [0.2, 0.25) is 5.91 Å². The van der Waals surface area contributed by atoms with E-state index in [1.807, 2.05) is 6.07 Å². The van der Waals surface area contributed by atoms with E-state index in [-0.39, 0.29) is 18.1 Å². The summed E-state index contributed by atoms with van der Waals surface area (Å²) in [5, 5.41) is 5.92. The van der Waals surface area contributed by atoms with Crippen LogP contribution in [0, 0.1) is 5.82 Å². The van der Waals surface area contributed by atoms with Crippen LogP contribution in [0.2, 0.25) is 0 Å². The average Bonchev–Trinajstić information content (AvgIpc) is 2.51. The zero-order chi connectivity index (χ0) is 15.8. The zero-order valence-corrected chi connectivity index (χ0v) is 12.6. The largest absolute Gasteiger partial charge is 0.384 e. The third kappa shape index (κ3) is 4.84. The highest BCUT2D eigenvalue weighted by molar-refractivity contribution is 5.91. The topological polar surface area (TPSA) is 54.0 Å². The second-order valence-corrected chi connectivity index (χ2v) is 5.03. The normalized spacial score (nSPS) is 10.3. The fourth-order valence-corrected chi connectivity index (χ4v) is 1.98. The molecule has 0 unspecified atom stereocenters. The maximum absolute atomic E-state index is 13.5. The molecular weight excluding hydrogens is 281 g/mol. The van der Waals surface area contributed by atoms with E-state index >= 15 is 0 Å². The van der Waals surface area contributed by atoms with Crippen LogP contribution >= 0.6 is 0 Å². The molecule has 0 spiro atoms. The van der Waals surface area contributed by atoms with Crippen molar-refractivity contribution >= 4 is 17.4 Å². The highest BCUT2D eigenvalue weighted by atomic mass is 19.1. The number of halogens is 1. The van der Waals surface area contributed by atoms with E-state index in [0.717, 1.165) is 25.1 Å². The summed E-state index contributed by atoms with van der Waals surface area (Å²) in [6, 6.07) is 9.85. The number of hydrogen-bond donors (Lipinski definition) is 2. The van der Waals surface area contributed by atoms with E-state index in [1.165, 1.54) is 6.07 Å². The van der Waals surface area contributed by atoms with Crippen molar-refractivity contribution in [3.05, 3.63) is 54.0 Å². The smallest absolute Gasteiger partial charge is 0.230 e. The first-order chi connectivity index (χ1) is 10.7. The Balaban J connectivity index is 1.88. The Labute approximate surface area is 129 Å². The molecule has 0 aliphatic heterocycles. The first-order valence-electron chi connectivity index (χ1n) is 7.42. The summed E-state index contributed by atoms with van der Waals surface area (Å²) in [4.78, 5) is 16.1. The Bertz CT molecular complexity index is 614. The first-order valence-corrected chi connectivity index (χ1v) is 7.42. The van der Waals surface area contributed by atoms with E-state index in [9.17, 15) is 9.18 Å². The number of aromatic nitrogens is 1. The molecule has 116 valence electrons. The molecule has 0 aliphatic rings. The number of amides is 1. The summed E-state index contributed by atoms with van der Waals surface area (Å²) < 4.78 is 13.5. The second-order valence-electron chi connectivity index (χ2n) is 5.03. The highest BCUT2D eigenvalue weighted by Crippen LogP contribution is 2.12. The number of hydrogen-bond acceptors (Lipinski definition) is 3. The highest BCUT2D eigenvalue weighted by Gasteiger charge is 2.08. The molecule has 0 bridgehead atoms. The van der Waals surface area contributed by atoms with Gasteiger partial charge in [-0.25, -0.2) is 9.37 Å². The third-order valence-electron chi connectivity index (χ3n) is 3.20. The lowest BCUT2D eigenvalue weighted by Gasteiger charge is -2.08. The van der Waals surface area contributed by atoms with E-state index in [0.29, 0.717) is 11.4 Å². The Morgan fingerprint density at radius 1 is 1.23 bits per heavy atom. The lowest BCUT2D eigenvalue weighted by atomic mass is 10.1. The van der Waals surface area contributed by atoms with Gasteiger partial charge in [-0.05, 0) is 30.2 Å². The quantitative estimate of drug-likeness (QED) is 0.768. The van der Waals surface area contributed by atoms with E-state index in [4.69, 9.17) is 0 Å². The predicted molar refractivity (Wildman–Crippen MR) is 86.4 cm³/mol. The number of carbonyl (C=O) groups is 1. The van der Waals surface area contributed by atoms with Crippen molar-refractivity contribution < 1.29 is 9.18 Å². The van der Waals surface area contributed by atoms with Crippen molar-refractivity contribution in [3.63, 3.8) is 0 Å². The van der Waals surface area contributed by atoms with Crippen LogP contribution in [-0.2, 0) is 11.2 Å². The number of benzene rings is 1. The molecule has 22 heavy (non-hydrogen) atoms. The van der Waals surface area contributed by atoms with Crippen LogP contribution < -0.4 is 10.6 Å². The number of nitrogens with one attached hydrogen (secondary N) is 2. The lowest BCUT2D eigenvalue weighted by Crippen LogP contribution is -2.16. The Hall–Kier alpha value is -2.43. The molecular formula is C17H20FN3O. The number of nitrogens with zero attached hydrogens (tertiary/aromatic N) is 1. The maximum Gasteiger partial charge on any atom is 0.230 e. The van der Waals surface area contributed by atoms with Crippen LogP contribution in [0.25, 0.3) is 0 Å². The molecule has 0 radical (unpaired) electrons. The fraction of sp³-hybridized carbons (Fsp3) is 0.294. The summed E-state index contributed by atoms with van der Waals surface area (Å²) in [7, 11) is 0. The summed E-state index contributed by atoms with van der Waals surface area (Å²) >= 11 is 0. The number of anilines is 2. The monoisotopic (exact) mass is 301 g/mol. The molecule has 1 amide bonds. The molecule has 1 aromatic heterocycles. The summed E-state index contributed by atoms with van der Waals surface area (Å²) in [5.41, 5.74) is 1.29. The van der Waals surface area contributed by atoms with Crippen molar-refractivity contribution in [3.8, 4) is 0 Å². The van der Waals surface area contributed by atoms with Gasteiger partial charge in [-0.15, -0.1) is 0 Å². The molecule has 2 N–H and O–H groups in total. The van der Waals surface area contributed by atoms with Gasteiger partial charge in [0.05, 0.1) is 18.3 Å². The SMILES string of the molecule is CCCCNc1ccc(NC(=O)Cc2ccccc2F)nc1. The summed E-state index contributed by atoms with van der Waals surface area (Å²) in [6.45, 7) is 3.03. The second kappa shape index (κ2) is 8.12. The van der Waals surface area contributed by atoms with Crippen molar-refractivity contribution in [2.75, 3.05) is 17.2 Å². The molecule has 2 rings (SSSR count). The van der Waals surface area contributed by atoms with Crippen LogP contribution in [-0.4, -0.2) is 17.4 Å². The molecule has 1 aromatic carbocycles. The number of unbranched alkanes of at least 4 members (excludes halogenated alkanes) is 1. The van der Waals surface area contributed by atoms with Crippen molar-refractivity contribution in [1.82, 2.24) is 4.98 Å². The first kappa shape index (κ1) is 15.9. The molecule has 0 saturated carbocycles. The molecule has 0 saturated heterocycles. The van der Waals surface area contributed by atoms with Crippen molar-refractivity contribution in [2.24, 2.45) is 0 Å². The zero-order valence-electron chi connectivity index (χ0n) is 12.6. The van der Waals surface area contributed by atoms with Gasteiger partial charge >= 0.3 is 0 Å². The van der Waals surface area contributed by atoms with E-state index in [2.05, 4.69) is 22.5 Å². The van der Waals surface area contributed by atoms with Crippen LogP contribution in [0.3, 0.4) is 0 Å². The Morgan fingerprint density at radius 2 is 2.05 bits per heavy atom. The fourth-order valence-electron chi connectivity index (χ4n) is 1.98. The minimum atomic E-state index is -0.374. The number of pyridine rings is 1. The molecule has 2 aromatic rings. The van der Waals surface area contributed by atoms with Crippen molar-refractivity contribution in [1.29, 1.82) is 0 Å². The van der Waals surface area contributed by atoms with Gasteiger partial charge in [0.25, 0.3) is 0 Å². The van der Waals surface area contributed by atoms with Gasteiger partial charge in [0, 0.05) is 6.54 Å². The van der Waals surface area contributed by atoms with Crippen molar-refractivity contribution in [2.45, 2.75) is 26.2 Å². The van der Waals surface area contributed by atoms with Gasteiger partial charge in [-0.2, -0.15) is 0 Å². The van der Waals surface area contributed by atoms with Gasteiger partial charge in [-0.1, -0.05) is 31.5 Å². The van der Waals surface area contributed by atoms with Crippen LogP contribution in [0.4, 0.5) is 15.9 Å². The minimum absolute atomic E-state index is 0.00907. The maximum atomic E-state index is 13.5. The Morgan fingerprint density at radius 3 is 2.73 bits per heavy atom. The van der Waals surface area contributed by atoms with Gasteiger partial charge in [0.1, 0.15) is 11.6 Å². The molecule has 5 heteroatoms. The van der Waals surface area contributed by atoms with E-state index in [1.54, 1.807) is 30.5 Å². The lowest BCUT2D eigenvalue weighted by molar-refractivity contribution is -0.115. The van der Waals surface area contributed by atoms with Gasteiger partial charge in [-0.3, -0.25) is 4.79 Å². The molecule has 0 aliphatic carbocycles. The van der Waals surface area contributed by atoms with E-state index < -0.39 is 0 Å². The van der Waals surface area contributed by atoms with Crippen LogP contribution in [0.1, 0.15) is 25.3 Å². The number of rotatable bonds is 7. The Kier molecular flexibility index (Phi) is 5.89. The molecule has 1 heterocycles. The van der Waals surface area contributed by atoms with Crippen LogP contribution in [0.15, 0.2) is 42.6 Å². The van der Waals surface area contributed by atoms with Gasteiger partial charge < -0.3 is 10.6 Å². The standard InChI is InChI=1S/C17H20FN3O/c1-2-3-10-19-14-8-9-16(20-12-14)21-17(22)11-13-6-4-5-7-15(13)18/h4-9,12,19H,2-3,10-11H2,1H3,(H,20,21,22). The molecule has 0 atom stereocenters. The summed E-state index contributed by atoms with van der Waals surface area (Å²) in [6.07, 6.45) is 3.89. The third-order valence-corrected chi connectivity index (χ3v) is 3.20. The van der Waals surface area contributed by atoms with Gasteiger partial charge in [0.15, 0.2) is 0 Å². The minimum Gasteiger partial charge on any atom is -0.384 e.